The number of nitrogens with zero attached hydrogens (tertiary/aromatic N) is 4. The molecule has 1 saturated heterocycles. The van der Waals surface area contributed by atoms with Crippen LogP contribution >= 0.6 is 24.0 Å². The highest BCUT2D eigenvalue weighted by Gasteiger charge is 2.41. The number of aliphatic hydroxyl groups excluding tert-OH is 1. The number of aliphatic hydroxyl groups is 1. The first kappa shape index (κ1) is 23.4. The molecule has 3 aromatic rings. The molecule has 0 radical (unpaired) electrons. The van der Waals surface area contributed by atoms with Crippen LogP contribution in [0.15, 0.2) is 36.4 Å². The maximum Gasteiger partial charge on any atom is 0.188 e. The van der Waals surface area contributed by atoms with Crippen molar-refractivity contribution >= 4 is 52.1 Å². The minimum Gasteiger partial charge on any atom is -0.495 e. The normalized spacial score (nSPS) is 21.4. The van der Waals surface area contributed by atoms with Gasteiger partial charge in [-0.1, -0.05) is 29.8 Å². The number of nitrogens with one attached hydrogen (secondary N) is 1. The molecule has 1 aromatic heterocycles. The van der Waals surface area contributed by atoms with E-state index in [0.717, 1.165) is 48.1 Å². The molecule has 33 heavy (non-hydrogen) atoms. The van der Waals surface area contributed by atoms with E-state index in [1.165, 1.54) is 0 Å². The van der Waals surface area contributed by atoms with Crippen LogP contribution in [-0.2, 0) is 6.54 Å². The van der Waals surface area contributed by atoms with Crippen molar-refractivity contribution in [3.63, 3.8) is 0 Å². The van der Waals surface area contributed by atoms with E-state index >= 15 is 0 Å². The number of ether oxygens (including phenoxy) is 1. The van der Waals surface area contributed by atoms with Gasteiger partial charge in [0.15, 0.2) is 17.3 Å². The minimum atomic E-state index is -0.212. The Morgan fingerprint density at radius 3 is 2.58 bits per heavy atom. The van der Waals surface area contributed by atoms with Gasteiger partial charge in [0.05, 0.1) is 24.8 Å². The molecule has 172 valence electrons. The Morgan fingerprint density at radius 1 is 1.15 bits per heavy atom. The van der Waals surface area contributed by atoms with E-state index in [1.807, 2.05) is 36.4 Å². The predicted molar refractivity (Wildman–Crippen MR) is 133 cm³/mol. The van der Waals surface area contributed by atoms with Crippen molar-refractivity contribution in [2.45, 2.75) is 25.5 Å². The van der Waals surface area contributed by atoms with Crippen molar-refractivity contribution in [3.8, 4) is 5.75 Å². The lowest BCUT2D eigenvalue weighted by molar-refractivity contribution is 0.0791. The first-order valence-electron chi connectivity index (χ1n) is 10.7. The summed E-state index contributed by atoms with van der Waals surface area (Å²) >= 11 is 6.25. The van der Waals surface area contributed by atoms with Crippen LogP contribution in [0, 0.1) is 18.4 Å². The largest absolute Gasteiger partial charge is 0.495 e. The highest BCUT2D eigenvalue weighted by Crippen LogP contribution is 2.40. The summed E-state index contributed by atoms with van der Waals surface area (Å²) < 4.78 is 5.22. The topological polar surface area (TPSA) is 74.9 Å². The van der Waals surface area contributed by atoms with Gasteiger partial charge >= 0.3 is 0 Å². The first-order chi connectivity index (χ1) is 15.6. The Balaban J connectivity index is 0.00000259. The minimum absolute atomic E-state index is 0. The van der Waals surface area contributed by atoms with E-state index in [-0.39, 0.29) is 30.3 Å². The van der Waals surface area contributed by atoms with Crippen molar-refractivity contribution in [1.82, 2.24) is 10.2 Å². The average Bonchev–Trinajstić information content (AvgIpc) is 3.01. The summed E-state index contributed by atoms with van der Waals surface area (Å²) in [7, 11) is 1.59. The van der Waals surface area contributed by atoms with Crippen molar-refractivity contribution < 1.29 is 9.84 Å². The van der Waals surface area contributed by atoms with Crippen molar-refractivity contribution in [2.75, 3.05) is 30.4 Å². The van der Waals surface area contributed by atoms with Gasteiger partial charge in [-0.2, -0.15) is 0 Å². The zero-order chi connectivity index (χ0) is 22.2. The van der Waals surface area contributed by atoms with Gasteiger partial charge in [0, 0.05) is 42.2 Å². The van der Waals surface area contributed by atoms with Crippen molar-refractivity contribution in [2.24, 2.45) is 11.8 Å². The van der Waals surface area contributed by atoms with E-state index in [1.54, 1.807) is 7.11 Å². The smallest absolute Gasteiger partial charge is 0.188 e. The van der Waals surface area contributed by atoms with Crippen LogP contribution in [0.4, 0.5) is 17.3 Å². The molecule has 7 nitrogen and oxygen atoms in total. The second-order valence-corrected chi connectivity index (χ2v) is 8.94. The second kappa shape index (κ2) is 9.60. The number of hydrogen-bond donors (Lipinski definition) is 2. The van der Waals surface area contributed by atoms with E-state index in [4.69, 9.17) is 22.9 Å². The third-order valence-electron chi connectivity index (χ3n) is 6.63. The maximum atomic E-state index is 10.4. The molecular weight excluding hydrogens is 461 g/mol. The summed E-state index contributed by atoms with van der Waals surface area (Å²) in [5, 5.41) is 25.2. The van der Waals surface area contributed by atoms with Gasteiger partial charge in [-0.3, -0.25) is 0 Å². The Bertz CT molecular complexity index is 1200. The molecule has 2 unspecified atom stereocenters. The highest BCUT2D eigenvalue weighted by molar-refractivity contribution is 6.32. The number of anilines is 2. The Morgan fingerprint density at radius 2 is 1.91 bits per heavy atom. The molecule has 2 aromatic carbocycles. The van der Waals surface area contributed by atoms with Gasteiger partial charge in [-0.25, -0.2) is 4.85 Å². The van der Waals surface area contributed by atoms with Crippen LogP contribution in [0.5, 0.6) is 5.75 Å². The van der Waals surface area contributed by atoms with E-state index in [9.17, 15) is 5.11 Å². The van der Waals surface area contributed by atoms with Crippen molar-refractivity contribution in [1.29, 1.82) is 0 Å². The molecule has 1 saturated carbocycles. The van der Waals surface area contributed by atoms with Gasteiger partial charge in [0.25, 0.3) is 0 Å². The summed E-state index contributed by atoms with van der Waals surface area (Å²) in [5.41, 5.74) is 1.54. The Kier molecular flexibility index (Phi) is 6.80. The van der Waals surface area contributed by atoms with Gasteiger partial charge in [0.2, 0.25) is 0 Å². The van der Waals surface area contributed by atoms with Gasteiger partial charge in [-0.05, 0) is 36.6 Å². The number of rotatable bonds is 5. The first-order valence-corrected chi connectivity index (χ1v) is 11.1. The van der Waals surface area contributed by atoms with E-state index < -0.39 is 0 Å². The number of fused-ring (bicyclic) bond motifs is 3. The van der Waals surface area contributed by atoms with Gasteiger partial charge in [-0.15, -0.1) is 22.6 Å². The summed E-state index contributed by atoms with van der Waals surface area (Å²) in [6.07, 6.45) is 1.90. The maximum absolute atomic E-state index is 10.4. The van der Waals surface area contributed by atoms with Crippen LogP contribution in [0.2, 0.25) is 5.02 Å². The van der Waals surface area contributed by atoms with Crippen LogP contribution in [-0.4, -0.2) is 41.6 Å². The van der Waals surface area contributed by atoms with Crippen molar-refractivity contribution in [3.05, 3.63) is 58.4 Å². The summed E-state index contributed by atoms with van der Waals surface area (Å²) in [6.45, 7) is 9.50. The zero-order valence-corrected chi connectivity index (χ0v) is 19.7. The molecule has 2 N–H and O–H groups in total. The average molecular weight is 486 g/mol. The molecule has 2 aliphatic rings. The number of benzene rings is 2. The van der Waals surface area contributed by atoms with Gasteiger partial charge < -0.3 is 20.1 Å². The van der Waals surface area contributed by atoms with Gasteiger partial charge in [0.1, 0.15) is 5.75 Å². The fraction of sp³-hybridized carbons (Fsp3) is 0.375. The molecule has 2 fully saturated rings. The van der Waals surface area contributed by atoms with E-state index in [2.05, 4.69) is 25.3 Å². The lowest BCUT2D eigenvalue weighted by atomic mass is 9.95. The second-order valence-electron chi connectivity index (χ2n) is 8.53. The number of halogens is 2. The molecule has 2 heterocycles. The summed E-state index contributed by atoms with van der Waals surface area (Å²) in [6, 6.07) is 11.3. The SMILES string of the molecule is Cl.[C-]#[N+]c1ccc2c(N3CC4CCC(C3)C4O)nnc(NCc3ccc(OC)c(Cl)c3)c2c1. The van der Waals surface area contributed by atoms with Crippen LogP contribution in [0.25, 0.3) is 15.6 Å². The summed E-state index contributed by atoms with van der Waals surface area (Å²) in [4.78, 5) is 5.84. The molecule has 2 bridgehead atoms. The molecule has 2 atom stereocenters. The monoisotopic (exact) mass is 485 g/mol. The molecular formula is C24H25Cl2N5O2. The van der Waals surface area contributed by atoms with Crippen LogP contribution in [0.3, 0.4) is 0 Å². The molecule has 9 heteroatoms. The standard InChI is InChI=1S/C24H24ClN5O2.ClH/c1-26-17-6-7-18-19(10-17)23(27-11-14-3-8-21(32-2)20(25)9-14)28-29-24(18)30-12-15-4-5-16(13-30)22(15)31;/h3,6-10,15-16,22,31H,4-5,11-13H2,2H3,(H,27,28);1H. The number of aromatic nitrogens is 2. The number of methoxy groups -OCH3 is 1. The molecule has 5 rings (SSSR count). The summed E-state index contributed by atoms with van der Waals surface area (Å²) in [5.74, 6) is 2.64. The predicted octanol–water partition coefficient (Wildman–Crippen LogP) is 5.08. The zero-order valence-electron chi connectivity index (χ0n) is 18.2. The highest BCUT2D eigenvalue weighted by atomic mass is 35.5. The van der Waals surface area contributed by atoms with Crippen LogP contribution in [0.1, 0.15) is 18.4 Å². The molecule has 1 aliphatic carbocycles. The quantitative estimate of drug-likeness (QED) is 0.490. The molecule has 1 aliphatic heterocycles. The fourth-order valence-electron chi connectivity index (χ4n) is 4.93. The Labute approximate surface area is 203 Å². The molecule has 0 spiro atoms. The number of piperidine rings is 1. The number of hydrogen-bond acceptors (Lipinski definition) is 6. The molecule has 0 amide bonds. The third-order valence-corrected chi connectivity index (χ3v) is 6.93. The third kappa shape index (κ3) is 4.39. The fourth-order valence-corrected chi connectivity index (χ4v) is 5.21. The Hall–Kier alpha value is -2.79. The van der Waals surface area contributed by atoms with Crippen LogP contribution < -0.4 is 15.0 Å². The lowest BCUT2D eigenvalue weighted by Crippen LogP contribution is -2.45. The lowest BCUT2D eigenvalue weighted by Gasteiger charge is -2.36. The van der Waals surface area contributed by atoms with E-state index in [0.29, 0.717) is 28.8 Å².